The lowest BCUT2D eigenvalue weighted by molar-refractivity contribution is 0.401. The zero-order valence-corrected chi connectivity index (χ0v) is 16.2. The molecule has 3 aromatic rings. The van der Waals surface area contributed by atoms with Crippen LogP contribution in [-0.2, 0) is 9.84 Å². The highest BCUT2D eigenvalue weighted by Gasteiger charge is 2.34. The molecule has 134 valence electrons. The molecule has 0 unspecified atom stereocenters. The number of ether oxygens (including phenoxy) is 2. The van der Waals surface area contributed by atoms with E-state index in [1.807, 2.05) is 5.38 Å². The van der Waals surface area contributed by atoms with Crippen molar-refractivity contribution in [3.8, 4) is 22.9 Å². The van der Waals surface area contributed by atoms with Crippen molar-refractivity contribution in [1.82, 2.24) is 13.8 Å². The maximum absolute atomic E-state index is 13.0. The molecule has 0 aliphatic carbocycles. The third kappa shape index (κ3) is 2.77. The molecular weight excluding hydrogens is 362 g/mol. The lowest BCUT2D eigenvalue weighted by atomic mass is 10.2. The maximum Gasteiger partial charge on any atom is 0.234 e. The molecule has 0 aliphatic rings. The number of imidazole rings is 1. The molecule has 0 saturated heterocycles. The van der Waals surface area contributed by atoms with Crippen LogP contribution in [-0.4, -0.2) is 41.1 Å². The van der Waals surface area contributed by atoms with Gasteiger partial charge in [0.15, 0.2) is 9.84 Å². The van der Waals surface area contributed by atoms with Gasteiger partial charge in [-0.15, -0.1) is 0 Å². The molecular formula is C16H19N3O4S2. The van der Waals surface area contributed by atoms with Gasteiger partial charge in [0.1, 0.15) is 16.3 Å². The minimum atomic E-state index is -3.61. The van der Waals surface area contributed by atoms with E-state index in [2.05, 4.69) is 9.36 Å². The summed E-state index contributed by atoms with van der Waals surface area (Å²) in [6, 6.07) is 1.62. The van der Waals surface area contributed by atoms with Gasteiger partial charge < -0.3 is 9.47 Å². The SMILES string of the molecule is COc1cc2ncc(-c3csnc3OC)n2cc1S(=O)(=O)C(C)(C)C. The largest absolute Gasteiger partial charge is 0.495 e. The van der Waals surface area contributed by atoms with Crippen molar-refractivity contribution in [3.05, 3.63) is 23.8 Å². The zero-order valence-electron chi connectivity index (χ0n) is 14.6. The van der Waals surface area contributed by atoms with Crippen molar-refractivity contribution in [2.24, 2.45) is 0 Å². The van der Waals surface area contributed by atoms with E-state index in [0.29, 0.717) is 17.2 Å². The molecule has 0 aromatic carbocycles. The quantitative estimate of drug-likeness (QED) is 0.691. The number of aromatic nitrogens is 3. The lowest BCUT2D eigenvalue weighted by Gasteiger charge is -2.21. The molecule has 3 aromatic heterocycles. The number of hydrogen-bond acceptors (Lipinski definition) is 7. The first kappa shape index (κ1) is 17.7. The Morgan fingerprint density at radius 2 is 1.92 bits per heavy atom. The average Bonchev–Trinajstić information content (AvgIpc) is 3.17. The fourth-order valence-corrected chi connectivity index (χ4v) is 4.38. The average molecular weight is 381 g/mol. The van der Waals surface area contributed by atoms with Gasteiger partial charge in [-0.2, -0.15) is 4.37 Å². The summed E-state index contributed by atoms with van der Waals surface area (Å²) in [5.41, 5.74) is 2.03. The van der Waals surface area contributed by atoms with Crippen molar-refractivity contribution in [2.45, 2.75) is 30.4 Å². The van der Waals surface area contributed by atoms with Crippen LogP contribution in [0.1, 0.15) is 20.8 Å². The van der Waals surface area contributed by atoms with Gasteiger partial charge in [-0.3, -0.25) is 4.40 Å². The van der Waals surface area contributed by atoms with Crippen molar-refractivity contribution < 1.29 is 17.9 Å². The van der Waals surface area contributed by atoms with E-state index >= 15 is 0 Å². The molecule has 0 radical (unpaired) electrons. The molecule has 25 heavy (non-hydrogen) atoms. The summed E-state index contributed by atoms with van der Waals surface area (Å²) in [5.74, 6) is 0.748. The molecule has 0 N–H and O–H groups in total. The first-order valence-electron chi connectivity index (χ1n) is 7.49. The molecule has 0 bridgehead atoms. The summed E-state index contributed by atoms with van der Waals surface area (Å²) < 4.78 is 41.5. The maximum atomic E-state index is 13.0. The second-order valence-electron chi connectivity index (χ2n) is 6.43. The number of methoxy groups -OCH3 is 2. The first-order valence-corrected chi connectivity index (χ1v) is 9.81. The van der Waals surface area contributed by atoms with E-state index in [4.69, 9.17) is 9.47 Å². The summed E-state index contributed by atoms with van der Waals surface area (Å²) in [4.78, 5) is 4.48. The van der Waals surface area contributed by atoms with Crippen molar-refractivity contribution in [3.63, 3.8) is 0 Å². The van der Waals surface area contributed by atoms with Crippen LogP contribution in [0, 0.1) is 0 Å². The van der Waals surface area contributed by atoms with E-state index in [-0.39, 0.29) is 10.6 Å². The van der Waals surface area contributed by atoms with E-state index < -0.39 is 14.6 Å². The highest BCUT2D eigenvalue weighted by atomic mass is 32.2. The fourth-order valence-electron chi connectivity index (χ4n) is 2.42. The molecule has 0 aliphatic heterocycles. The predicted molar refractivity (Wildman–Crippen MR) is 96.3 cm³/mol. The molecule has 0 spiro atoms. The zero-order chi connectivity index (χ0) is 18.4. The highest BCUT2D eigenvalue weighted by Crippen LogP contribution is 2.36. The van der Waals surface area contributed by atoms with Crippen molar-refractivity contribution >= 4 is 27.0 Å². The van der Waals surface area contributed by atoms with Gasteiger partial charge in [-0.05, 0) is 32.3 Å². The Labute approximate surface area is 150 Å². The lowest BCUT2D eigenvalue weighted by Crippen LogP contribution is -2.28. The van der Waals surface area contributed by atoms with Gasteiger partial charge in [-0.1, -0.05) is 0 Å². The predicted octanol–water partition coefficient (Wildman–Crippen LogP) is 3.05. The van der Waals surface area contributed by atoms with Gasteiger partial charge in [0.05, 0.1) is 36.4 Å². The summed E-state index contributed by atoms with van der Waals surface area (Å²) in [5, 5.41) is 1.84. The monoisotopic (exact) mass is 381 g/mol. The van der Waals surface area contributed by atoms with Crippen LogP contribution >= 0.6 is 11.5 Å². The smallest absolute Gasteiger partial charge is 0.234 e. The summed E-state index contributed by atoms with van der Waals surface area (Å²) >= 11 is 1.26. The van der Waals surface area contributed by atoms with Gasteiger partial charge in [0.2, 0.25) is 5.88 Å². The molecule has 0 atom stereocenters. The minimum absolute atomic E-state index is 0.122. The van der Waals surface area contributed by atoms with E-state index in [9.17, 15) is 8.42 Å². The molecule has 0 saturated carbocycles. The number of pyridine rings is 1. The fraction of sp³-hybridized carbons (Fsp3) is 0.375. The number of rotatable bonds is 4. The molecule has 3 heterocycles. The number of sulfone groups is 1. The first-order chi connectivity index (χ1) is 11.7. The van der Waals surface area contributed by atoms with Gasteiger partial charge in [0, 0.05) is 17.6 Å². The van der Waals surface area contributed by atoms with E-state index in [0.717, 1.165) is 5.56 Å². The molecule has 9 heteroatoms. The standard InChI is InChI=1S/C16H19N3O4S2/c1-16(2,3)25(20,21)13-8-19-11(10-9-24-18-15(10)23-5)7-17-14(19)6-12(13)22-4/h6-9H,1-5H3. The number of fused-ring (bicyclic) bond motifs is 1. The van der Waals surface area contributed by atoms with E-state index in [1.165, 1.54) is 18.6 Å². The number of nitrogens with zero attached hydrogens (tertiary/aromatic N) is 3. The second kappa shape index (κ2) is 5.99. The Bertz CT molecular complexity index is 1030. The van der Waals surface area contributed by atoms with Gasteiger partial charge in [0.25, 0.3) is 0 Å². The Hall–Kier alpha value is -2.13. The summed E-state index contributed by atoms with van der Waals surface area (Å²) in [6.07, 6.45) is 3.21. The third-order valence-electron chi connectivity index (χ3n) is 3.90. The molecule has 0 fully saturated rings. The minimum Gasteiger partial charge on any atom is -0.495 e. The Balaban J connectivity index is 2.32. The molecule has 0 amide bonds. The van der Waals surface area contributed by atoms with Gasteiger partial charge in [-0.25, -0.2) is 13.4 Å². The summed E-state index contributed by atoms with van der Waals surface area (Å²) in [6.45, 7) is 4.98. The van der Waals surface area contributed by atoms with E-state index in [1.54, 1.807) is 50.7 Å². The number of hydrogen-bond donors (Lipinski definition) is 0. The van der Waals surface area contributed by atoms with Gasteiger partial charge >= 0.3 is 0 Å². The Morgan fingerprint density at radius 3 is 2.52 bits per heavy atom. The van der Waals surface area contributed by atoms with Crippen LogP contribution in [0.15, 0.2) is 28.7 Å². The molecule has 7 nitrogen and oxygen atoms in total. The third-order valence-corrected chi connectivity index (χ3v) is 7.01. The Kier molecular flexibility index (Phi) is 4.24. The van der Waals surface area contributed by atoms with Crippen molar-refractivity contribution in [2.75, 3.05) is 14.2 Å². The topological polar surface area (TPSA) is 82.8 Å². The van der Waals surface area contributed by atoms with Crippen LogP contribution in [0.3, 0.4) is 0 Å². The van der Waals surface area contributed by atoms with Crippen LogP contribution in [0.25, 0.3) is 16.9 Å². The Morgan fingerprint density at radius 1 is 1.20 bits per heavy atom. The summed E-state index contributed by atoms with van der Waals surface area (Å²) in [7, 11) is -0.618. The van der Waals surface area contributed by atoms with Crippen molar-refractivity contribution in [1.29, 1.82) is 0 Å². The normalized spacial score (nSPS) is 12.5. The van der Waals surface area contributed by atoms with Crippen LogP contribution in [0.5, 0.6) is 11.6 Å². The van der Waals surface area contributed by atoms with Crippen LogP contribution in [0.2, 0.25) is 0 Å². The highest BCUT2D eigenvalue weighted by molar-refractivity contribution is 7.92. The second-order valence-corrected chi connectivity index (χ2v) is 9.73. The van der Waals surface area contributed by atoms with Crippen LogP contribution < -0.4 is 9.47 Å². The van der Waals surface area contributed by atoms with Crippen LogP contribution in [0.4, 0.5) is 0 Å². The molecule has 3 rings (SSSR count).